The van der Waals surface area contributed by atoms with Gasteiger partial charge >= 0.3 is 6.09 Å². The van der Waals surface area contributed by atoms with E-state index in [2.05, 4.69) is 15.1 Å². The van der Waals surface area contributed by atoms with Crippen molar-refractivity contribution in [2.24, 2.45) is 0 Å². The van der Waals surface area contributed by atoms with Crippen LogP contribution in [0.5, 0.6) is 0 Å². The number of carbonyl (C=O) groups is 1. The molecular weight excluding hydrogens is 524 g/mol. The number of aryl methyl sites for hydroxylation is 2. The predicted molar refractivity (Wildman–Crippen MR) is 155 cm³/mol. The van der Waals surface area contributed by atoms with Crippen molar-refractivity contribution in [2.75, 3.05) is 37.7 Å². The fourth-order valence-electron chi connectivity index (χ4n) is 5.67. The van der Waals surface area contributed by atoms with Gasteiger partial charge in [0.05, 0.1) is 17.4 Å². The van der Waals surface area contributed by atoms with Crippen LogP contribution in [0.25, 0.3) is 27.6 Å². The van der Waals surface area contributed by atoms with Gasteiger partial charge in [-0.2, -0.15) is 5.10 Å². The number of anilines is 1. The molecule has 41 heavy (non-hydrogen) atoms. The van der Waals surface area contributed by atoms with Crippen LogP contribution in [0.4, 0.5) is 10.6 Å². The van der Waals surface area contributed by atoms with Gasteiger partial charge in [-0.3, -0.25) is 9.36 Å². The first kappa shape index (κ1) is 27.1. The van der Waals surface area contributed by atoms with Crippen molar-refractivity contribution in [1.29, 1.82) is 0 Å². The number of hydrogen-bond acceptors (Lipinski definition) is 9. The summed E-state index contributed by atoms with van der Waals surface area (Å²) in [6.45, 7) is 12.1. The monoisotopic (exact) mass is 560 g/mol. The predicted octanol–water partition coefficient (Wildman–Crippen LogP) is 3.90. The first-order valence-corrected chi connectivity index (χ1v) is 14.2. The van der Waals surface area contributed by atoms with E-state index in [9.17, 15) is 9.59 Å². The molecule has 12 nitrogen and oxygen atoms in total. The fraction of sp³-hybridized carbons (Fsp3) is 0.517. The van der Waals surface area contributed by atoms with Gasteiger partial charge in [0, 0.05) is 38.2 Å². The van der Waals surface area contributed by atoms with Gasteiger partial charge in [-0.1, -0.05) is 6.07 Å². The number of ether oxygens (including phenoxy) is 2. The first-order chi connectivity index (χ1) is 19.6. The highest BCUT2D eigenvalue weighted by Gasteiger charge is 2.28. The third-order valence-electron chi connectivity index (χ3n) is 7.64. The molecule has 0 spiro atoms. The Labute approximate surface area is 237 Å². The molecule has 12 heteroatoms. The first-order valence-electron chi connectivity index (χ1n) is 14.2. The number of rotatable bonds is 3. The highest BCUT2D eigenvalue weighted by atomic mass is 16.6. The van der Waals surface area contributed by atoms with Crippen molar-refractivity contribution in [3.63, 3.8) is 0 Å². The molecule has 216 valence electrons. The largest absolute Gasteiger partial charge is 0.444 e. The lowest BCUT2D eigenvalue weighted by Gasteiger charge is -2.36. The molecule has 4 aromatic rings. The normalized spacial score (nSPS) is 18.3. The molecule has 1 unspecified atom stereocenters. The third-order valence-corrected chi connectivity index (χ3v) is 7.64. The van der Waals surface area contributed by atoms with E-state index in [1.165, 1.54) is 6.33 Å². The van der Waals surface area contributed by atoms with Gasteiger partial charge in [-0.15, -0.1) is 0 Å². The van der Waals surface area contributed by atoms with Crippen molar-refractivity contribution in [3.8, 4) is 5.69 Å². The van der Waals surface area contributed by atoms with Crippen molar-refractivity contribution < 1.29 is 14.3 Å². The molecule has 3 aromatic heterocycles. The summed E-state index contributed by atoms with van der Waals surface area (Å²) < 4.78 is 15.1. The highest BCUT2D eigenvalue weighted by molar-refractivity contribution is 5.90. The molecule has 1 aromatic carbocycles. The molecule has 0 N–H and O–H groups in total. The van der Waals surface area contributed by atoms with Crippen LogP contribution in [-0.4, -0.2) is 78.7 Å². The number of nitrogens with zero attached hydrogens (tertiary/aromatic N) is 8. The van der Waals surface area contributed by atoms with Gasteiger partial charge in [0.1, 0.15) is 23.3 Å². The number of aromatic nitrogens is 6. The minimum Gasteiger partial charge on any atom is -0.444 e. The zero-order valence-corrected chi connectivity index (χ0v) is 24.3. The van der Waals surface area contributed by atoms with E-state index in [1.807, 2.05) is 56.3 Å². The second-order valence-electron chi connectivity index (χ2n) is 11.7. The number of hydrogen-bond donors (Lipinski definition) is 0. The quantitative estimate of drug-likeness (QED) is 0.367. The van der Waals surface area contributed by atoms with Crippen LogP contribution >= 0.6 is 0 Å². The van der Waals surface area contributed by atoms with Gasteiger partial charge < -0.3 is 19.3 Å². The van der Waals surface area contributed by atoms with Crippen LogP contribution < -0.4 is 10.5 Å². The Balaban J connectivity index is 1.36. The zero-order chi connectivity index (χ0) is 28.9. The summed E-state index contributed by atoms with van der Waals surface area (Å²) in [4.78, 5) is 44.1. The van der Waals surface area contributed by atoms with Gasteiger partial charge in [0.25, 0.3) is 5.56 Å². The molecule has 6 rings (SSSR count). The van der Waals surface area contributed by atoms with E-state index in [1.54, 1.807) is 15.7 Å². The number of benzene rings is 1. The summed E-state index contributed by atoms with van der Waals surface area (Å²) in [7, 11) is 0. The average molecular weight is 561 g/mol. The van der Waals surface area contributed by atoms with E-state index in [4.69, 9.17) is 14.5 Å². The van der Waals surface area contributed by atoms with Crippen molar-refractivity contribution in [1.82, 2.24) is 34.2 Å². The Hall–Kier alpha value is -4.06. The second-order valence-corrected chi connectivity index (χ2v) is 11.7. The lowest BCUT2D eigenvalue weighted by atomic mass is 10.1. The maximum atomic E-state index is 14.1. The Morgan fingerprint density at radius 2 is 1.83 bits per heavy atom. The van der Waals surface area contributed by atoms with Crippen LogP contribution in [0.1, 0.15) is 57.6 Å². The Morgan fingerprint density at radius 3 is 2.54 bits per heavy atom. The summed E-state index contributed by atoms with van der Waals surface area (Å²) >= 11 is 0. The standard InChI is InChI=1S/C29H36N8O4/c1-18-9-10-21-20(16-32-37(21)22-8-6-7-15-40-22)25(18)36-19(2)33-23-24(27(36)38)30-17-31-26(23)34-11-13-35(14-12-34)28(39)41-29(3,4)5/h9-10,16-17,22H,6-8,11-15H2,1-5H3. The topological polar surface area (TPSA) is 121 Å². The van der Waals surface area contributed by atoms with Crippen LogP contribution in [0, 0.1) is 13.8 Å². The Kier molecular flexibility index (Phi) is 6.88. The Morgan fingerprint density at radius 1 is 1.05 bits per heavy atom. The minimum atomic E-state index is -0.552. The smallest absolute Gasteiger partial charge is 0.410 e. The lowest BCUT2D eigenvalue weighted by molar-refractivity contribution is -0.0366. The summed E-state index contributed by atoms with van der Waals surface area (Å²) in [5, 5.41) is 5.53. The van der Waals surface area contributed by atoms with Crippen LogP contribution in [0.3, 0.4) is 0 Å². The third kappa shape index (κ3) is 5.01. The van der Waals surface area contributed by atoms with E-state index in [-0.39, 0.29) is 23.4 Å². The summed E-state index contributed by atoms with van der Waals surface area (Å²) in [5.74, 6) is 1.12. The van der Waals surface area contributed by atoms with Crippen LogP contribution in [0.2, 0.25) is 0 Å². The summed E-state index contributed by atoms with van der Waals surface area (Å²) in [6.07, 6.45) is 5.83. The molecule has 0 saturated carbocycles. The maximum absolute atomic E-state index is 14.1. The van der Waals surface area contributed by atoms with E-state index < -0.39 is 5.60 Å². The number of amides is 1. The van der Waals surface area contributed by atoms with Crippen LogP contribution in [-0.2, 0) is 9.47 Å². The maximum Gasteiger partial charge on any atom is 0.410 e. The van der Waals surface area contributed by atoms with Gasteiger partial charge in [-0.05, 0) is 65.5 Å². The molecule has 2 fully saturated rings. The molecule has 5 heterocycles. The van der Waals surface area contributed by atoms with Gasteiger partial charge in [0.2, 0.25) is 0 Å². The minimum absolute atomic E-state index is 0.115. The van der Waals surface area contributed by atoms with Crippen molar-refractivity contribution in [3.05, 3.63) is 46.4 Å². The number of fused-ring (bicyclic) bond motifs is 2. The second kappa shape index (κ2) is 10.4. The molecule has 1 amide bonds. The van der Waals surface area contributed by atoms with Crippen LogP contribution in [0.15, 0.2) is 29.5 Å². The summed E-state index contributed by atoms with van der Waals surface area (Å²) in [5.41, 5.74) is 2.47. The molecule has 0 radical (unpaired) electrons. The fourth-order valence-corrected chi connectivity index (χ4v) is 5.67. The molecule has 2 aliphatic heterocycles. The average Bonchev–Trinajstić information content (AvgIpc) is 3.38. The van der Waals surface area contributed by atoms with Crippen molar-refractivity contribution >= 4 is 33.8 Å². The Bertz CT molecular complexity index is 1670. The lowest BCUT2D eigenvalue weighted by Crippen LogP contribution is -2.50. The number of carbonyl (C=O) groups excluding carboxylic acids is 1. The van der Waals surface area contributed by atoms with E-state index >= 15 is 0 Å². The molecule has 2 aliphatic rings. The SMILES string of the molecule is Cc1ccc2c(cnn2C2CCCCO2)c1-n1c(C)nc2c(N3CCN(C(=O)OC(C)(C)C)CC3)ncnc2c1=O. The zero-order valence-electron chi connectivity index (χ0n) is 24.3. The van der Waals surface area contributed by atoms with E-state index in [0.717, 1.165) is 48.0 Å². The molecule has 2 saturated heterocycles. The van der Waals surface area contributed by atoms with E-state index in [0.29, 0.717) is 43.3 Å². The molecule has 0 bridgehead atoms. The van der Waals surface area contributed by atoms with Gasteiger partial charge in [0.15, 0.2) is 17.6 Å². The van der Waals surface area contributed by atoms with Gasteiger partial charge in [-0.25, -0.2) is 24.4 Å². The molecule has 0 aliphatic carbocycles. The van der Waals surface area contributed by atoms with Crippen molar-refractivity contribution in [2.45, 2.75) is 65.7 Å². The molecular formula is C29H36N8O4. The summed E-state index contributed by atoms with van der Waals surface area (Å²) in [6, 6.07) is 4.04. The highest BCUT2D eigenvalue weighted by Crippen LogP contribution is 2.31. The number of piperazine rings is 1. The molecule has 1 atom stereocenters.